The third-order valence-electron chi connectivity index (χ3n) is 4.14. The van der Waals surface area contributed by atoms with Crippen LogP contribution in [0.15, 0.2) is 52.4 Å². The highest BCUT2D eigenvalue weighted by molar-refractivity contribution is 7.89. The van der Waals surface area contributed by atoms with Crippen LogP contribution in [0.25, 0.3) is 10.2 Å². The Morgan fingerprint density at radius 1 is 1.24 bits per heavy atom. The third kappa shape index (κ3) is 5.36. The predicted molar refractivity (Wildman–Crippen MR) is 108 cm³/mol. The molecular weight excluding hydrogens is 417 g/mol. The SMILES string of the molecule is CCOCCn1c(=NC(=O)Cc2ccc(F)cc2)sc2cc(S(N)(=O)=O)ccc21. The Morgan fingerprint density at radius 2 is 1.97 bits per heavy atom. The Bertz CT molecular complexity index is 1200. The van der Waals surface area contributed by atoms with Gasteiger partial charge in [0.25, 0.3) is 5.91 Å². The smallest absolute Gasteiger partial charge is 0.252 e. The molecule has 0 atom stereocenters. The van der Waals surface area contributed by atoms with Crippen LogP contribution in [0, 0.1) is 5.82 Å². The van der Waals surface area contributed by atoms with Crippen LogP contribution in [-0.2, 0) is 32.5 Å². The van der Waals surface area contributed by atoms with E-state index in [-0.39, 0.29) is 23.0 Å². The van der Waals surface area contributed by atoms with Gasteiger partial charge < -0.3 is 9.30 Å². The van der Waals surface area contributed by atoms with E-state index in [1.165, 1.54) is 47.7 Å². The number of amides is 1. The van der Waals surface area contributed by atoms with Gasteiger partial charge in [-0.05, 0) is 42.8 Å². The summed E-state index contributed by atoms with van der Waals surface area (Å²) in [5.74, 6) is -0.762. The average Bonchev–Trinajstić information content (AvgIpc) is 2.99. The fraction of sp³-hybridized carbons (Fsp3) is 0.263. The minimum absolute atomic E-state index is 0.00704. The summed E-state index contributed by atoms with van der Waals surface area (Å²) in [5, 5.41) is 5.21. The molecule has 3 rings (SSSR count). The number of primary sulfonamides is 1. The first kappa shape index (κ1) is 21.3. The zero-order chi connectivity index (χ0) is 21.0. The number of fused-ring (bicyclic) bond motifs is 1. The second-order valence-corrected chi connectivity index (χ2v) is 8.79. The molecular formula is C19H20FN3O4S2. The van der Waals surface area contributed by atoms with E-state index in [1.54, 1.807) is 6.07 Å². The fourth-order valence-electron chi connectivity index (χ4n) is 2.76. The first-order valence-corrected chi connectivity index (χ1v) is 11.2. The van der Waals surface area contributed by atoms with Crippen molar-refractivity contribution in [2.24, 2.45) is 10.1 Å². The van der Waals surface area contributed by atoms with Gasteiger partial charge in [0.05, 0.1) is 28.1 Å². The van der Waals surface area contributed by atoms with Gasteiger partial charge >= 0.3 is 0 Å². The van der Waals surface area contributed by atoms with E-state index in [9.17, 15) is 17.6 Å². The molecule has 0 fully saturated rings. The van der Waals surface area contributed by atoms with Crippen molar-refractivity contribution in [3.05, 3.63) is 58.6 Å². The number of aromatic nitrogens is 1. The molecule has 0 spiro atoms. The predicted octanol–water partition coefficient (Wildman–Crippen LogP) is 2.20. The monoisotopic (exact) mass is 437 g/mol. The van der Waals surface area contributed by atoms with Crippen LogP contribution in [-0.4, -0.2) is 32.1 Å². The first-order valence-electron chi connectivity index (χ1n) is 8.84. The number of nitrogens with zero attached hydrogens (tertiary/aromatic N) is 2. The summed E-state index contributed by atoms with van der Waals surface area (Å²) in [6.07, 6.45) is 0.0302. The highest BCUT2D eigenvalue weighted by atomic mass is 32.2. The molecule has 154 valence electrons. The molecule has 0 saturated heterocycles. The van der Waals surface area contributed by atoms with Gasteiger partial charge in [0.1, 0.15) is 5.82 Å². The molecule has 3 aromatic rings. The molecule has 0 saturated carbocycles. The number of hydrogen-bond donors (Lipinski definition) is 1. The number of ether oxygens (including phenoxy) is 1. The number of halogens is 1. The van der Waals surface area contributed by atoms with Gasteiger partial charge in [-0.1, -0.05) is 23.5 Å². The summed E-state index contributed by atoms with van der Waals surface area (Å²) in [7, 11) is -3.84. The summed E-state index contributed by atoms with van der Waals surface area (Å²) in [4.78, 5) is 17.1. The minimum atomic E-state index is -3.84. The summed E-state index contributed by atoms with van der Waals surface area (Å²) in [6.45, 7) is 3.30. The lowest BCUT2D eigenvalue weighted by Crippen LogP contribution is -2.20. The number of sulfonamides is 1. The number of nitrogens with two attached hydrogens (primary N) is 1. The van der Waals surface area contributed by atoms with Gasteiger partial charge in [-0.15, -0.1) is 0 Å². The molecule has 2 aromatic carbocycles. The van der Waals surface area contributed by atoms with E-state index in [4.69, 9.17) is 9.88 Å². The van der Waals surface area contributed by atoms with Crippen molar-refractivity contribution < 1.29 is 22.3 Å². The largest absolute Gasteiger partial charge is 0.380 e. The maximum Gasteiger partial charge on any atom is 0.252 e. The van der Waals surface area contributed by atoms with Crippen LogP contribution >= 0.6 is 11.3 Å². The lowest BCUT2D eigenvalue weighted by atomic mass is 10.1. The van der Waals surface area contributed by atoms with Crippen LogP contribution in [0.5, 0.6) is 0 Å². The van der Waals surface area contributed by atoms with E-state index >= 15 is 0 Å². The Labute approximate surface area is 171 Å². The van der Waals surface area contributed by atoms with E-state index in [0.29, 0.717) is 34.8 Å². The second-order valence-electron chi connectivity index (χ2n) is 6.22. The molecule has 29 heavy (non-hydrogen) atoms. The van der Waals surface area contributed by atoms with Crippen LogP contribution in [0.2, 0.25) is 0 Å². The maximum atomic E-state index is 13.0. The Hall–Kier alpha value is -2.40. The number of thiazole rings is 1. The van der Waals surface area contributed by atoms with Crippen molar-refractivity contribution in [3.63, 3.8) is 0 Å². The van der Waals surface area contributed by atoms with Crippen LogP contribution in [0.1, 0.15) is 12.5 Å². The van der Waals surface area contributed by atoms with Crippen LogP contribution < -0.4 is 9.94 Å². The highest BCUT2D eigenvalue weighted by Crippen LogP contribution is 2.21. The van der Waals surface area contributed by atoms with Gasteiger partial charge in [0.2, 0.25) is 10.0 Å². The van der Waals surface area contributed by atoms with E-state index in [1.807, 2.05) is 11.5 Å². The number of hydrogen-bond acceptors (Lipinski definition) is 5. The average molecular weight is 438 g/mol. The number of carbonyl (C=O) groups excluding carboxylic acids is 1. The number of carbonyl (C=O) groups is 1. The van der Waals surface area contributed by atoms with Gasteiger partial charge in [0.15, 0.2) is 4.80 Å². The molecule has 1 aromatic heterocycles. The summed E-state index contributed by atoms with van der Waals surface area (Å²) in [5.41, 5.74) is 1.38. The van der Waals surface area contributed by atoms with E-state index in [0.717, 1.165) is 5.52 Å². The Morgan fingerprint density at radius 3 is 2.62 bits per heavy atom. The first-order chi connectivity index (χ1) is 13.8. The molecule has 10 heteroatoms. The quantitative estimate of drug-likeness (QED) is 0.572. The lowest BCUT2D eigenvalue weighted by Gasteiger charge is -2.06. The topological polar surface area (TPSA) is 104 Å². The third-order valence-corrected chi connectivity index (χ3v) is 6.09. The lowest BCUT2D eigenvalue weighted by molar-refractivity contribution is -0.117. The fourth-order valence-corrected chi connectivity index (χ4v) is 4.48. The second kappa shape index (κ2) is 8.95. The Kier molecular flexibility index (Phi) is 6.58. The van der Waals surface area contributed by atoms with Crippen molar-refractivity contribution in [1.29, 1.82) is 0 Å². The molecule has 1 heterocycles. The highest BCUT2D eigenvalue weighted by Gasteiger charge is 2.13. The minimum Gasteiger partial charge on any atom is -0.380 e. The van der Waals surface area contributed by atoms with Crippen molar-refractivity contribution >= 4 is 37.5 Å². The molecule has 0 bridgehead atoms. The molecule has 0 aliphatic rings. The number of benzene rings is 2. The van der Waals surface area contributed by atoms with Crippen LogP contribution in [0.3, 0.4) is 0 Å². The van der Waals surface area contributed by atoms with Gasteiger partial charge in [-0.3, -0.25) is 4.79 Å². The summed E-state index contributed by atoms with van der Waals surface area (Å²) in [6, 6.07) is 10.2. The zero-order valence-electron chi connectivity index (χ0n) is 15.7. The molecule has 1 amide bonds. The molecule has 0 aliphatic heterocycles. The van der Waals surface area contributed by atoms with Crippen molar-refractivity contribution in [2.75, 3.05) is 13.2 Å². The zero-order valence-corrected chi connectivity index (χ0v) is 17.3. The molecule has 7 nitrogen and oxygen atoms in total. The molecule has 2 N–H and O–H groups in total. The van der Waals surface area contributed by atoms with Gasteiger partial charge in [0, 0.05) is 13.2 Å². The maximum absolute atomic E-state index is 13.0. The van der Waals surface area contributed by atoms with Crippen molar-refractivity contribution in [2.45, 2.75) is 24.8 Å². The molecule has 0 unspecified atom stereocenters. The standard InChI is InChI=1S/C19H20FN3O4S2/c1-2-27-10-9-23-16-8-7-15(29(21,25)26)12-17(16)28-19(23)22-18(24)11-13-3-5-14(20)6-4-13/h3-8,12H,2,9-11H2,1H3,(H2,21,25,26). The van der Waals surface area contributed by atoms with Crippen LogP contribution in [0.4, 0.5) is 4.39 Å². The summed E-state index contributed by atoms with van der Waals surface area (Å²) >= 11 is 1.19. The number of rotatable bonds is 7. The van der Waals surface area contributed by atoms with Crippen molar-refractivity contribution in [3.8, 4) is 0 Å². The summed E-state index contributed by atoms with van der Waals surface area (Å²) < 4.78 is 44.2. The van der Waals surface area contributed by atoms with E-state index in [2.05, 4.69) is 4.99 Å². The van der Waals surface area contributed by atoms with Crippen molar-refractivity contribution in [1.82, 2.24) is 4.57 Å². The van der Waals surface area contributed by atoms with Gasteiger partial charge in [-0.25, -0.2) is 17.9 Å². The van der Waals surface area contributed by atoms with E-state index < -0.39 is 10.0 Å². The normalized spacial score (nSPS) is 12.6. The van der Waals surface area contributed by atoms with Gasteiger partial charge in [-0.2, -0.15) is 4.99 Å². The molecule has 0 aliphatic carbocycles. The molecule has 0 radical (unpaired) electrons. The Balaban J connectivity index is 2.01.